The fraction of sp³-hybridized carbons (Fsp3) is 0.235. The molecule has 2 aromatic heterocycles. The molecule has 1 aliphatic heterocycles. The number of benzene rings is 1. The Morgan fingerprint density at radius 1 is 1.24 bits per heavy atom. The fourth-order valence-electron chi connectivity index (χ4n) is 2.84. The first-order chi connectivity index (χ1) is 12.3. The predicted molar refractivity (Wildman–Crippen MR) is 87.7 cm³/mol. The van der Waals surface area contributed by atoms with Crippen molar-refractivity contribution in [2.45, 2.75) is 12.6 Å². The molecule has 128 valence electrons. The normalized spacial score (nSPS) is 19.8. The molecule has 4 rings (SSSR count). The molecular weight excluding hydrogens is 322 g/mol. The van der Waals surface area contributed by atoms with Crippen LogP contribution in [-0.2, 0) is 11.3 Å². The monoisotopic (exact) mass is 339 g/mol. The topological polar surface area (TPSA) is 105 Å². The van der Waals surface area contributed by atoms with E-state index in [4.69, 9.17) is 8.94 Å². The first kappa shape index (κ1) is 15.6. The van der Waals surface area contributed by atoms with E-state index >= 15 is 0 Å². The average Bonchev–Trinajstić information content (AvgIpc) is 3.41. The molecular formula is C17H17N5O3. The number of hydrogen-bond acceptors (Lipinski definition) is 7. The molecule has 2 atom stereocenters. The van der Waals surface area contributed by atoms with Crippen molar-refractivity contribution in [3.8, 4) is 11.7 Å². The summed E-state index contributed by atoms with van der Waals surface area (Å²) in [5, 5.41) is 6.72. The SMILES string of the molecule is O=C(NCc1noc(-c2ccco2)n1)C1CNNC1c1ccccc1. The number of hydrogen-bond donors (Lipinski definition) is 3. The van der Waals surface area contributed by atoms with Crippen LogP contribution in [0.1, 0.15) is 17.4 Å². The van der Waals surface area contributed by atoms with Crippen molar-refractivity contribution in [2.24, 2.45) is 5.92 Å². The van der Waals surface area contributed by atoms with Gasteiger partial charge in [0, 0.05) is 6.54 Å². The Morgan fingerprint density at radius 2 is 2.12 bits per heavy atom. The molecule has 3 heterocycles. The van der Waals surface area contributed by atoms with E-state index in [1.165, 1.54) is 6.26 Å². The van der Waals surface area contributed by atoms with E-state index in [1.54, 1.807) is 12.1 Å². The van der Waals surface area contributed by atoms with Crippen molar-refractivity contribution >= 4 is 5.91 Å². The van der Waals surface area contributed by atoms with Crippen LogP contribution in [-0.4, -0.2) is 22.6 Å². The van der Waals surface area contributed by atoms with Crippen LogP contribution in [0.4, 0.5) is 0 Å². The highest BCUT2D eigenvalue weighted by Gasteiger charge is 2.33. The minimum atomic E-state index is -0.223. The smallest absolute Gasteiger partial charge is 0.293 e. The predicted octanol–water partition coefficient (Wildman–Crippen LogP) is 1.41. The van der Waals surface area contributed by atoms with Gasteiger partial charge in [0.2, 0.25) is 5.91 Å². The molecule has 1 aromatic carbocycles. The van der Waals surface area contributed by atoms with Gasteiger partial charge in [-0.05, 0) is 17.7 Å². The van der Waals surface area contributed by atoms with Gasteiger partial charge in [0.05, 0.1) is 24.8 Å². The number of carbonyl (C=O) groups is 1. The minimum absolute atomic E-state index is 0.0734. The van der Waals surface area contributed by atoms with Gasteiger partial charge in [-0.25, -0.2) is 5.43 Å². The molecule has 0 aliphatic carbocycles. The number of carbonyl (C=O) groups excluding carboxylic acids is 1. The lowest BCUT2D eigenvalue weighted by atomic mass is 9.94. The van der Waals surface area contributed by atoms with Crippen molar-refractivity contribution in [1.82, 2.24) is 26.3 Å². The van der Waals surface area contributed by atoms with E-state index < -0.39 is 0 Å². The number of nitrogens with one attached hydrogen (secondary N) is 3. The molecule has 25 heavy (non-hydrogen) atoms. The Hall–Kier alpha value is -2.97. The molecule has 1 saturated heterocycles. The van der Waals surface area contributed by atoms with Crippen molar-refractivity contribution in [1.29, 1.82) is 0 Å². The maximum atomic E-state index is 12.5. The Morgan fingerprint density at radius 3 is 2.92 bits per heavy atom. The van der Waals surface area contributed by atoms with E-state index in [9.17, 15) is 4.79 Å². The second kappa shape index (κ2) is 6.88. The van der Waals surface area contributed by atoms with Gasteiger partial charge in [-0.2, -0.15) is 4.98 Å². The number of amides is 1. The molecule has 2 unspecified atom stereocenters. The summed E-state index contributed by atoms with van der Waals surface area (Å²) in [6.07, 6.45) is 1.53. The van der Waals surface area contributed by atoms with Crippen molar-refractivity contribution in [3.63, 3.8) is 0 Å². The van der Waals surface area contributed by atoms with Crippen LogP contribution in [0.5, 0.6) is 0 Å². The lowest BCUT2D eigenvalue weighted by Gasteiger charge is -2.17. The van der Waals surface area contributed by atoms with Gasteiger partial charge in [-0.1, -0.05) is 35.5 Å². The maximum Gasteiger partial charge on any atom is 0.293 e. The standard InChI is InChI=1S/C17H17N5O3/c23-16(12-9-19-21-15(12)11-5-2-1-3-6-11)18-10-14-20-17(25-22-14)13-7-4-8-24-13/h1-8,12,15,19,21H,9-10H2,(H,18,23). The fourth-order valence-corrected chi connectivity index (χ4v) is 2.84. The van der Waals surface area contributed by atoms with Crippen LogP contribution in [0.25, 0.3) is 11.7 Å². The van der Waals surface area contributed by atoms with Crippen LogP contribution in [0, 0.1) is 5.92 Å². The molecule has 1 amide bonds. The molecule has 0 spiro atoms. The zero-order valence-electron chi connectivity index (χ0n) is 13.3. The lowest BCUT2D eigenvalue weighted by Crippen LogP contribution is -2.34. The molecule has 8 heteroatoms. The van der Waals surface area contributed by atoms with E-state index in [0.29, 0.717) is 24.0 Å². The van der Waals surface area contributed by atoms with Crippen molar-refractivity contribution in [3.05, 3.63) is 60.1 Å². The molecule has 1 aliphatic rings. The summed E-state index contributed by atoms with van der Waals surface area (Å²) in [6.45, 7) is 0.746. The number of hydrazine groups is 1. The van der Waals surface area contributed by atoms with Crippen LogP contribution >= 0.6 is 0 Å². The Kier molecular flexibility index (Phi) is 4.28. The van der Waals surface area contributed by atoms with Gasteiger partial charge in [0.15, 0.2) is 11.6 Å². The molecule has 0 radical (unpaired) electrons. The number of aromatic nitrogens is 2. The first-order valence-corrected chi connectivity index (χ1v) is 7.99. The summed E-state index contributed by atoms with van der Waals surface area (Å²) in [6, 6.07) is 13.3. The van der Waals surface area contributed by atoms with Crippen LogP contribution in [0.15, 0.2) is 57.7 Å². The number of furan rings is 1. The molecule has 3 aromatic rings. The lowest BCUT2D eigenvalue weighted by molar-refractivity contribution is -0.125. The second-order valence-corrected chi connectivity index (χ2v) is 5.73. The average molecular weight is 339 g/mol. The zero-order chi connectivity index (χ0) is 17.1. The summed E-state index contributed by atoms with van der Waals surface area (Å²) in [5.41, 5.74) is 7.26. The molecule has 3 N–H and O–H groups in total. The summed E-state index contributed by atoms with van der Waals surface area (Å²) >= 11 is 0. The maximum absolute atomic E-state index is 12.5. The highest BCUT2D eigenvalue weighted by molar-refractivity contribution is 5.80. The molecule has 8 nitrogen and oxygen atoms in total. The Labute approximate surface area is 143 Å². The van der Waals surface area contributed by atoms with Crippen LogP contribution in [0.3, 0.4) is 0 Å². The number of nitrogens with zero attached hydrogens (tertiary/aromatic N) is 2. The van der Waals surface area contributed by atoms with E-state index in [2.05, 4.69) is 26.3 Å². The van der Waals surface area contributed by atoms with Crippen molar-refractivity contribution < 1.29 is 13.7 Å². The van der Waals surface area contributed by atoms with Gasteiger partial charge < -0.3 is 14.3 Å². The second-order valence-electron chi connectivity index (χ2n) is 5.73. The summed E-state index contributed by atoms with van der Waals surface area (Å²) in [5.74, 6) is 0.892. The highest BCUT2D eigenvalue weighted by Crippen LogP contribution is 2.24. The summed E-state index contributed by atoms with van der Waals surface area (Å²) in [4.78, 5) is 16.8. The van der Waals surface area contributed by atoms with Gasteiger partial charge >= 0.3 is 0 Å². The largest absolute Gasteiger partial charge is 0.459 e. The van der Waals surface area contributed by atoms with E-state index in [1.807, 2.05) is 30.3 Å². The zero-order valence-corrected chi connectivity index (χ0v) is 13.3. The van der Waals surface area contributed by atoms with Crippen LogP contribution in [0.2, 0.25) is 0 Å². The quantitative estimate of drug-likeness (QED) is 0.645. The first-order valence-electron chi connectivity index (χ1n) is 7.99. The third kappa shape index (κ3) is 3.30. The minimum Gasteiger partial charge on any atom is -0.459 e. The van der Waals surface area contributed by atoms with E-state index in [-0.39, 0.29) is 24.4 Å². The van der Waals surface area contributed by atoms with Crippen LogP contribution < -0.4 is 16.2 Å². The summed E-state index contributed by atoms with van der Waals surface area (Å²) < 4.78 is 10.3. The van der Waals surface area contributed by atoms with Gasteiger partial charge in [-0.3, -0.25) is 10.2 Å². The third-order valence-electron chi connectivity index (χ3n) is 4.10. The molecule has 0 bridgehead atoms. The third-order valence-corrected chi connectivity index (χ3v) is 4.10. The number of rotatable bonds is 5. The van der Waals surface area contributed by atoms with Gasteiger partial charge in [0.25, 0.3) is 5.89 Å². The molecule has 0 saturated carbocycles. The Balaban J connectivity index is 1.39. The van der Waals surface area contributed by atoms with Gasteiger partial charge in [0.1, 0.15) is 0 Å². The highest BCUT2D eigenvalue weighted by atomic mass is 16.5. The Bertz CT molecular complexity index is 831. The summed E-state index contributed by atoms with van der Waals surface area (Å²) in [7, 11) is 0. The van der Waals surface area contributed by atoms with Gasteiger partial charge in [-0.15, -0.1) is 0 Å². The van der Waals surface area contributed by atoms with Crippen molar-refractivity contribution in [2.75, 3.05) is 6.54 Å². The van der Waals surface area contributed by atoms with E-state index in [0.717, 1.165) is 5.56 Å². The molecule has 1 fully saturated rings.